The first-order chi connectivity index (χ1) is 27.8. The fourth-order valence-electron chi connectivity index (χ4n) is 7.92. The summed E-state index contributed by atoms with van der Waals surface area (Å²) in [5.74, 6) is 0.211. The largest absolute Gasteiger partial charge is 0.456 e. The molecule has 0 amide bonds. The van der Waals surface area contributed by atoms with E-state index in [0.717, 1.165) is 21.9 Å². The molecule has 11 rings (SSSR count). The van der Waals surface area contributed by atoms with E-state index in [1.807, 2.05) is 60.7 Å². The van der Waals surface area contributed by atoms with Crippen molar-refractivity contribution in [3.05, 3.63) is 180 Å². The third-order valence-corrected chi connectivity index (χ3v) is 9.70. The zero-order valence-corrected chi connectivity index (χ0v) is 24.0. The van der Waals surface area contributed by atoms with Crippen LogP contribution in [0.3, 0.4) is 0 Å². The van der Waals surface area contributed by atoms with Crippen LogP contribution in [0, 0.1) is 0 Å². The Morgan fingerprint density at radius 1 is 0.435 bits per heavy atom. The number of hydrogen-bond acceptors (Lipinski definition) is 1. The third kappa shape index (κ3) is 2.87. The van der Waals surface area contributed by atoms with Gasteiger partial charge in [0.2, 0.25) is 0 Å². The summed E-state index contributed by atoms with van der Waals surface area (Å²) >= 11 is 0. The van der Waals surface area contributed by atoms with Gasteiger partial charge in [-0.05, 0) is 95.5 Å². The Hall–Kier alpha value is -5.92. The highest BCUT2D eigenvalue weighted by Gasteiger charge is 2.50. The molecule has 0 radical (unpaired) electrons. The maximum absolute atomic E-state index is 10.4. The summed E-state index contributed by atoms with van der Waals surface area (Å²) in [6.07, 6.45) is 0. The first-order valence-electron chi connectivity index (χ1n) is 21.1. The fraction of sp³-hybridized carbons (Fsp3) is 0.0222. The van der Waals surface area contributed by atoms with E-state index in [0.29, 0.717) is 22.4 Å². The Balaban J connectivity index is 1.39. The minimum absolute atomic E-state index is 0.00777. The second-order valence-electron chi connectivity index (χ2n) is 11.8. The van der Waals surface area contributed by atoms with Crippen molar-refractivity contribution in [2.75, 3.05) is 0 Å². The Labute approximate surface area is 283 Å². The molecular formula is C45H26O. The summed E-state index contributed by atoms with van der Waals surface area (Å²) in [4.78, 5) is 0. The smallest absolute Gasteiger partial charge is 0.135 e. The van der Waals surface area contributed by atoms with Crippen molar-refractivity contribution >= 4 is 21.5 Å². The molecule has 1 atom stereocenters. The lowest BCUT2D eigenvalue weighted by Crippen LogP contribution is -2.31. The molecule has 46 heavy (non-hydrogen) atoms. The van der Waals surface area contributed by atoms with Gasteiger partial charge in [0.1, 0.15) is 11.5 Å². The zero-order valence-electron chi connectivity index (χ0n) is 36.0. The maximum Gasteiger partial charge on any atom is 0.135 e. The number of benzene rings is 8. The average molecular weight is 595 g/mol. The molecule has 0 saturated carbocycles. The van der Waals surface area contributed by atoms with E-state index in [-0.39, 0.29) is 73.6 Å². The van der Waals surface area contributed by atoms with Gasteiger partial charge in [0, 0.05) is 10.9 Å². The van der Waals surface area contributed by atoms with E-state index < -0.39 is 59.8 Å². The molecule has 1 nitrogen and oxygen atoms in total. The van der Waals surface area contributed by atoms with Gasteiger partial charge in [-0.2, -0.15) is 0 Å². The Bertz CT molecular complexity index is 3300. The molecular weight excluding hydrogens is 556 g/mol. The standard InChI is InChI=1S/C45H26O/c1-4-18-37-30(12-1)32-23-22-28(29-24-25-42-44-34(29)16-9-17-36(44)33-14-3-6-21-41(33)46-42)26-40(32)45(37)38-19-5-2-13-31(38)35-15-7-10-27-11-8-20-39(45)43(27)35/h1-26H/i1D,4D,9D,12D,16D,17D,18D,22D,23D,24D,25D,26D. The van der Waals surface area contributed by atoms with Crippen LogP contribution in [0.4, 0.5) is 0 Å². The molecule has 2 aliphatic carbocycles. The van der Waals surface area contributed by atoms with Gasteiger partial charge in [0.15, 0.2) is 0 Å². The first-order valence-corrected chi connectivity index (χ1v) is 15.1. The fourth-order valence-corrected chi connectivity index (χ4v) is 7.92. The highest BCUT2D eigenvalue weighted by molar-refractivity contribution is 6.11. The van der Waals surface area contributed by atoms with Crippen molar-refractivity contribution in [2.45, 2.75) is 5.41 Å². The van der Waals surface area contributed by atoms with Crippen molar-refractivity contribution in [2.24, 2.45) is 0 Å². The Morgan fingerprint density at radius 3 is 2.13 bits per heavy atom. The normalized spacial score (nSPS) is 19.7. The molecule has 1 heteroatoms. The van der Waals surface area contributed by atoms with E-state index in [1.54, 1.807) is 24.3 Å². The molecule has 1 aliphatic heterocycles. The van der Waals surface area contributed by atoms with Crippen LogP contribution in [-0.4, -0.2) is 0 Å². The van der Waals surface area contributed by atoms with Crippen LogP contribution in [0.1, 0.15) is 38.7 Å². The number of fused-ring (bicyclic) bond motifs is 11. The van der Waals surface area contributed by atoms with E-state index in [9.17, 15) is 11.0 Å². The first kappa shape index (κ1) is 15.9. The molecule has 212 valence electrons. The van der Waals surface area contributed by atoms with Gasteiger partial charge in [0.05, 0.1) is 21.9 Å². The van der Waals surface area contributed by atoms with Crippen molar-refractivity contribution < 1.29 is 21.2 Å². The Morgan fingerprint density at radius 2 is 1.17 bits per heavy atom. The summed E-state index contributed by atoms with van der Waals surface area (Å²) in [6.45, 7) is 0. The Kier molecular flexibility index (Phi) is 2.98. The van der Waals surface area contributed by atoms with Crippen LogP contribution in [0.5, 0.6) is 11.5 Å². The van der Waals surface area contributed by atoms with E-state index >= 15 is 0 Å². The third-order valence-electron chi connectivity index (χ3n) is 9.70. The summed E-state index contributed by atoms with van der Waals surface area (Å²) in [5, 5.41) is 1.68. The molecule has 0 N–H and O–H groups in total. The maximum atomic E-state index is 10.4. The van der Waals surface area contributed by atoms with Crippen molar-refractivity contribution in [3.63, 3.8) is 0 Å². The van der Waals surface area contributed by atoms with Gasteiger partial charge in [-0.25, -0.2) is 0 Å². The lowest BCUT2D eigenvalue weighted by molar-refractivity contribution is 0.487. The molecule has 8 aromatic rings. The monoisotopic (exact) mass is 594 g/mol. The topological polar surface area (TPSA) is 9.23 Å². The van der Waals surface area contributed by atoms with Gasteiger partial charge in [-0.3, -0.25) is 0 Å². The van der Waals surface area contributed by atoms with Crippen molar-refractivity contribution in [3.8, 4) is 56.0 Å². The average Bonchev–Trinajstić information content (AvgIpc) is 3.56. The molecule has 3 aliphatic rings. The summed E-state index contributed by atoms with van der Waals surface area (Å²) < 4.78 is 119. The van der Waals surface area contributed by atoms with Gasteiger partial charge < -0.3 is 4.74 Å². The SMILES string of the molecule is [2H]c1c([2H])c([2H])c2c(c1[2H])-c1c([2H])c([2H])c(-c3c([2H])c([2H])c4c5c(c([2H])c([2H])c([2H])c35)-c3ccccc3O4)c([2H])c1C21c2ccccc2-c2cccc3cccc1c23. The molecule has 1 unspecified atom stereocenters. The molecule has 1 spiro atoms. The van der Waals surface area contributed by atoms with Gasteiger partial charge in [0.25, 0.3) is 0 Å². The highest BCUT2D eigenvalue weighted by atomic mass is 16.5. The molecule has 0 bridgehead atoms. The second-order valence-corrected chi connectivity index (χ2v) is 11.8. The van der Waals surface area contributed by atoms with E-state index in [4.69, 9.17) is 10.2 Å². The predicted molar refractivity (Wildman–Crippen MR) is 189 cm³/mol. The summed E-state index contributed by atoms with van der Waals surface area (Å²) in [7, 11) is 0. The lowest BCUT2D eigenvalue weighted by Gasteiger charge is -2.40. The number of para-hydroxylation sites is 1. The molecule has 0 saturated heterocycles. The van der Waals surface area contributed by atoms with Crippen molar-refractivity contribution in [1.82, 2.24) is 0 Å². The summed E-state index contributed by atoms with van der Waals surface area (Å²) in [5.41, 5.74) is 1.64. The predicted octanol–water partition coefficient (Wildman–Crippen LogP) is 11.8. The van der Waals surface area contributed by atoms with E-state index in [2.05, 4.69) is 0 Å². The van der Waals surface area contributed by atoms with Gasteiger partial charge in [-0.15, -0.1) is 0 Å². The van der Waals surface area contributed by atoms with Crippen molar-refractivity contribution in [1.29, 1.82) is 0 Å². The highest BCUT2D eigenvalue weighted by Crippen LogP contribution is 2.62. The van der Waals surface area contributed by atoms with Crippen LogP contribution >= 0.6 is 0 Å². The molecule has 0 aromatic heterocycles. The summed E-state index contributed by atoms with van der Waals surface area (Å²) in [6, 6.07) is 20.5. The van der Waals surface area contributed by atoms with Crippen LogP contribution in [0.2, 0.25) is 0 Å². The second kappa shape index (κ2) is 8.62. The van der Waals surface area contributed by atoms with Gasteiger partial charge in [-0.1, -0.05) is 139 Å². The zero-order chi connectivity index (χ0) is 40.4. The quantitative estimate of drug-likeness (QED) is 0.184. The minimum Gasteiger partial charge on any atom is -0.456 e. The van der Waals surface area contributed by atoms with Crippen LogP contribution in [-0.2, 0) is 5.41 Å². The van der Waals surface area contributed by atoms with E-state index in [1.165, 1.54) is 0 Å². The van der Waals surface area contributed by atoms with Crippen LogP contribution < -0.4 is 4.74 Å². The van der Waals surface area contributed by atoms with Crippen LogP contribution in [0.15, 0.2) is 157 Å². The molecule has 0 fully saturated rings. The van der Waals surface area contributed by atoms with Gasteiger partial charge >= 0.3 is 0 Å². The number of ether oxygens (including phenoxy) is 1. The lowest BCUT2D eigenvalue weighted by atomic mass is 9.61. The molecule has 1 heterocycles. The van der Waals surface area contributed by atoms with Crippen LogP contribution in [0.25, 0.3) is 66.1 Å². The number of rotatable bonds is 1. The number of hydrogen-bond donors (Lipinski definition) is 0. The minimum atomic E-state index is -1.64. The molecule has 8 aromatic carbocycles.